The largest absolute Gasteiger partial charge is 0.491 e. The predicted molar refractivity (Wildman–Crippen MR) is 137 cm³/mol. The Bertz CT molecular complexity index is 1370. The minimum absolute atomic E-state index is 0.0146. The molecule has 38 heavy (non-hydrogen) atoms. The van der Waals surface area contributed by atoms with Gasteiger partial charge in [0.15, 0.2) is 6.61 Å². The molecule has 1 saturated heterocycles. The van der Waals surface area contributed by atoms with Crippen LogP contribution >= 0.6 is 0 Å². The van der Waals surface area contributed by atoms with Crippen LogP contribution in [0.5, 0.6) is 11.5 Å². The Kier molecular flexibility index (Phi) is 8.17. The predicted octanol–water partition coefficient (Wildman–Crippen LogP) is 2.69. The van der Waals surface area contributed by atoms with Crippen LogP contribution in [0, 0.1) is 0 Å². The molecule has 1 aliphatic heterocycles. The molecule has 0 atom stereocenters. The van der Waals surface area contributed by atoms with Crippen molar-refractivity contribution in [3.05, 3.63) is 60.5 Å². The smallest absolute Gasteiger partial charge is 0.341 e. The monoisotopic (exact) mass is 544 g/mol. The number of carbonyl (C=O) groups is 2. The molecule has 4 rings (SSSR count). The first-order valence-corrected chi connectivity index (χ1v) is 13.3. The maximum atomic E-state index is 13.2. The number of aliphatic carboxylic acids is 1. The van der Waals surface area contributed by atoms with E-state index in [4.69, 9.17) is 19.1 Å². The number of ether oxygens (including phenoxy) is 2. The first kappa shape index (κ1) is 26.9. The number of piperazine rings is 1. The number of hydrogen-bond donors (Lipinski definition) is 2. The molecule has 1 aromatic heterocycles. The van der Waals surface area contributed by atoms with Crippen LogP contribution in [-0.4, -0.2) is 73.8 Å². The molecule has 1 aliphatic rings. The third-order valence-corrected chi connectivity index (χ3v) is 7.58. The summed E-state index contributed by atoms with van der Waals surface area (Å²) in [6, 6.07) is 12.7. The molecule has 0 radical (unpaired) electrons. The van der Waals surface area contributed by atoms with Crippen molar-refractivity contribution < 1.29 is 37.1 Å². The standard InChI is InChI=1S/C25H28N4O8S/c1-17(2)36-19-4-6-20(7-5-19)38(33,34)29-13-11-28(12-14-29)18-3-8-21(23(15-18)35-16-24(30)31)27-25(32)22-9-10-26-37-22/h3-10,15,17H,11-14,16H2,1-2H3,(H,27,32)(H,30,31). The maximum Gasteiger partial charge on any atom is 0.341 e. The second-order valence-electron chi connectivity index (χ2n) is 8.72. The number of carboxylic acids is 1. The van der Waals surface area contributed by atoms with Crippen molar-refractivity contribution >= 4 is 33.3 Å². The molecule has 2 N–H and O–H groups in total. The van der Waals surface area contributed by atoms with Crippen molar-refractivity contribution in [3.63, 3.8) is 0 Å². The van der Waals surface area contributed by atoms with Gasteiger partial charge in [0.25, 0.3) is 5.91 Å². The van der Waals surface area contributed by atoms with Gasteiger partial charge < -0.3 is 29.3 Å². The fourth-order valence-electron chi connectivity index (χ4n) is 3.88. The van der Waals surface area contributed by atoms with E-state index in [1.165, 1.54) is 28.7 Å². The van der Waals surface area contributed by atoms with Crippen LogP contribution in [0.25, 0.3) is 0 Å². The third kappa shape index (κ3) is 6.42. The van der Waals surface area contributed by atoms with E-state index in [1.54, 1.807) is 30.3 Å². The number of nitrogens with one attached hydrogen (secondary N) is 1. The van der Waals surface area contributed by atoms with Crippen LogP contribution in [-0.2, 0) is 14.8 Å². The fourth-order valence-corrected chi connectivity index (χ4v) is 5.31. The number of nitrogens with zero attached hydrogens (tertiary/aromatic N) is 3. The van der Waals surface area contributed by atoms with Crippen LogP contribution in [0.4, 0.5) is 11.4 Å². The number of carboxylic acid groups (broad SMARTS) is 1. The second kappa shape index (κ2) is 11.5. The summed E-state index contributed by atoms with van der Waals surface area (Å²) in [6.07, 6.45) is 1.31. The van der Waals surface area contributed by atoms with Crippen LogP contribution in [0.2, 0.25) is 0 Å². The number of hydrogen-bond acceptors (Lipinski definition) is 9. The summed E-state index contributed by atoms with van der Waals surface area (Å²) in [5, 5.41) is 15.2. The van der Waals surface area contributed by atoms with Gasteiger partial charge >= 0.3 is 5.97 Å². The van der Waals surface area contributed by atoms with Crippen LogP contribution in [0.15, 0.2) is 64.1 Å². The summed E-state index contributed by atoms with van der Waals surface area (Å²) in [6.45, 7) is 4.48. The zero-order valence-corrected chi connectivity index (χ0v) is 21.7. The van der Waals surface area contributed by atoms with Gasteiger partial charge in [-0.25, -0.2) is 13.2 Å². The van der Waals surface area contributed by atoms with E-state index in [1.807, 2.05) is 18.7 Å². The highest BCUT2D eigenvalue weighted by molar-refractivity contribution is 7.89. The van der Waals surface area contributed by atoms with Gasteiger partial charge in [0.2, 0.25) is 15.8 Å². The van der Waals surface area contributed by atoms with Crippen molar-refractivity contribution in [1.29, 1.82) is 0 Å². The van der Waals surface area contributed by atoms with Gasteiger partial charge in [-0.2, -0.15) is 4.31 Å². The van der Waals surface area contributed by atoms with E-state index in [0.29, 0.717) is 24.5 Å². The van der Waals surface area contributed by atoms with Gasteiger partial charge in [0.1, 0.15) is 11.5 Å². The number of rotatable bonds is 10. The van der Waals surface area contributed by atoms with Crippen LogP contribution in [0.1, 0.15) is 24.4 Å². The van der Waals surface area contributed by atoms with Gasteiger partial charge in [0, 0.05) is 44.0 Å². The van der Waals surface area contributed by atoms with E-state index in [0.717, 1.165) is 0 Å². The molecule has 0 saturated carbocycles. The van der Waals surface area contributed by atoms with E-state index in [9.17, 15) is 18.0 Å². The van der Waals surface area contributed by atoms with Gasteiger partial charge in [-0.1, -0.05) is 5.16 Å². The van der Waals surface area contributed by atoms with E-state index in [2.05, 4.69) is 10.5 Å². The number of sulfonamides is 1. The molecule has 12 nitrogen and oxygen atoms in total. The molecule has 0 bridgehead atoms. The molecule has 13 heteroatoms. The lowest BCUT2D eigenvalue weighted by Crippen LogP contribution is -2.48. The normalized spacial score (nSPS) is 14.3. The zero-order valence-electron chi connectivity index (χ0n) is 20.9. The lowest BCUT2D eigenvalue weighted by molar-refractivity contribution is -0.139. The first-order valence-electron chi connectivity index (χ1n) is 11.9. The zero-order chi connectivity index (χ0) is 27.3. The Labute approximate surface area is 219 Å². The van der Waals surface area contributed by atoms with Crippen molar-refractivity contribution in [2.75, 3.05) is 43.0 Å². The van der Waals surface area contributed by atoms with E-state index >= 15 is 0 Å². The van der Waals surface area contributed by atoms with Crippen LogP contribution < -0.4 is 19.7 Å². The van der Waals surface area contributed by atoms with E-state index in [-0.39, 0.29) is 41.3 Å². The summed E-state index contributed by atoms with van der Waals surface area (Å²) in [5.41, 5.74) is 0.942. The van der Waals surface area contributed by atoms with E-state index < -0.39 is 28.5 Å². The minimum atomic E-state index is -3.68. The van der Waals surface area contributed by atoms with Crippen molar-refractivity contribution in [3.8, 4) is 11.5 Å². The Morgan fingerprint density at radius 2 is 1.79 bits per heavy atom. The molecular formula is C25H28N4O8S. The second-order valence-corrected chi connectivity index (χ2v) is 10.7. The average molecular weight is 545 g/mol. The highest BCUT2D eigenvalue weighted by atomic mass is 32.2. The summed E-state index contributed by atoms with van der Waals surface area (Å²) in [4.78, 5) is 25.6. The topological polar surface area (TPSA) is 152 Å². The molecule has 0 unspecified atom stereocenters. The highest BCUT2D eigenvalue weighted by Gasteiger charge is 2.29. The Morgan fingerprint density at radius 1 is 1.08 bits per heavy atom. The van der Waals surface area contributed by atoms with Crippen LogP contribution in [0.3, 0.4) is 0 Å². The van der Waals surface area contributed by atoms with Gasteiger partial charge in [-0.05, 0) is 50.2 Å². The third-order valence-electron chi connectivity index (χ3n) is 5.66. The molecule has 0 spiro atoms. The highest BCUT2D eigenvalue weighted by Crippen LogP contribution is 2.32. The Hall–Kier alpha value is -4.10. The van der Waals surface area contributed by atoms with Crippen molar-refractivity contribution in [1.82, 2.24) is 9.46 Å². The quantitative estimate of drug-likeness (QED) is 0.390. The molecule has 2 heterocycles. The molecule has 2 aromatic carbocycles. The minimum Gasteiger partial charge on any atom is -0.491 e. The molecular weight excluding hydrogens is 516 g/mol. The molecule has 1 amide bonds. The summed E-state index contributed by atoms with van der Waals surface area (Å²) < 4.78 is 43.6. The van der Waals surface area contributed by atoms with Gasteiger partial charge in [-0.15, -0.1) is 0 Å². The fraction of sp³-hybridized carbons (Fsp3) is 0.320. The lowest BCUT2D eigenvalue weighted by Gasteiger charge is -2.35. The lowest BCUT2D eigenvalue weighted by atomic mass is 10.2. The number of amides is 1. The summed E-state index contributed by atoms with van der Waals surface area (Å²) >= 11 is 0. The Morgan fingerprint density at radius 3 is 2.39 bits per heavy atom. The number of anilines is 2. The van der Waals surface area contributed by atoms with Gasteiger partial charge in [0.05, 0.1) is 22.9 Å². The number of carbonyl (C=O) groups excluding carboxylic acids is 1. The Balaban J connectivity index is 1.45. The number of aromatic nitrogens is 1. The molecule has 1 fully saturated rings. The first-order chi connectivity index (χ1) is 18.1. The van der Waals surface area contributed by atoms with Crippen molar-refractivity contribution in [2.45, 2.75) is 24.8 Å². The van der Waals surface area contributed by atoms with Gasteiger partial charge in [-0.3, -0.25) is 4.79 Å². The number of benzene rings is 2. The van der Waals surface area contributed by atoms with Crippen molar-refractivity contribution in [2.24, 2.45) is 0 Å². The summed E-state index contributed by atoms with van der Waals surface area (Å²) in [7, 11) is -3.68. The molecule has 0 aliphatic carbocycles. The maximum absolute atomic E-state index is 13.2. The average Bonchev–Trinajstić information content (AvgIpc) is 3.43. The SMILES string of the molecule is CC(C)Oc1ccc(S(=O)(=O)N2CCN(c3ccc(NC(=O)c4ccno4)c(OCC(=O)O)c3)CC2)cc1. The molecule has 202 valence electrons. The molecule has 3 aromatic rings. The summed E-state index contributed by atoms with van der Waals surface area (Å²) in [5.74, 6) is -1.01.